The number of furan rings is 1. The van der Waals surface area contributed by atoms with E-state index in [9.17, 15) is 9.18 Å². The first kappa shape index (κ1) is 17.1. The van der Waals surface area contributed by atoms with Crippen LogP contribution in [-0.4, -0.2) is 17.6 Å². The highest BCUT2D eigenvalue weighted by atomic mass is 32.1. The number of benzene rings is 2. The lowest BCUT2D eigenvalue weighted by molar-refractivity contribution is 0.0973. The van der Waals surface area contributed by atoms with Crippen LogP contribution in [0.25, 0.3) is 21.2 Å². The Labute approximate surface area is 157 Å². The molecule has 2 heterocycles. The van der Waals surface area contributed by atoms with Gasteiger partial charge in [0.2, 0.25) is 0 Å². The van der Waals surface area contributed by atoms with E-state index in [1.54, 1.807) is 30.3 Å². The molecule has 0 N–H and O–H groups in total. The van der Waals surface area contributed by atoms with Crippen LogP contribution in [0.2, 0.25) is 0 Å². The molecule has 0 bridgehead atoms. The Kier molecular flexibility index (Phi) is 4.26. The zero-order valence-corrected chi connectivity index (χ0v) is 15.0. The van der Waals surface area contributed by atoms with Gasteiger partial charge < -0.3 is 13.7 Å². The summed E-state index contributed by atoms with van der Waals surface area (Å²) in [6, 6.07) is 11.7. The lowest BCUT2D eigenvalue weighted by Gasteiger charge is -2.00. The molecule has 1 amide bonds. The average molecular weight is 380 g/mol. The van der Waals surface area contributed by atoms with Crippen LogP contribution in [0, 0.1) is 18.2 Å². The zero-order chi connectivity index (χ0) is 19.0. The maximum absolute atomic E-state index is 14.2. The Bertz CT molecular complexity index is 1290. The van der Waals surface area contributed by atoms with E-state index in [1.165, 1.54) is 29.1 Å². The van der Waals surface area contributed by atoms with Crippen molar-refractivity contribution in [3.8, 4) is 18.1 Å². The fourth-order valence-electron chi connectivity index (χ4n) is 2.85. The van der Waals surface area contributed by atoms with Crippen molar-refractivity contribution in [2.75, 3.05) is 7.11 Å². The van der Waals surface area contributed by atoms with E-state index < -0.39 is 11.7 Å². The lowest BCUT2D eigenvalue weighted by atomic mass is 10.2. The molecular formula is C20H13FN2O3S. The number of hydrogen-bond donors (Lipinski definition) is 0. The predicted molar refractivity (Wildman–Crippen MR) is 101 cm³/mol. The van der Waals surface area contributed by atoms with Crippen molar-refractivity contribution in [1.29, 1.82) is 0 Å². The largest absolute Gasteiger partial charge is 0.493 e. The molecule has 0 spiro atoms. The summed E-state index contributed by atoms with van der Waals surface area (Å²) in [5.74, 6) is 2.07. The molecule has 2 aromatic carbocycles. The minimum absolute atomic E-state index is 0.0692. The SMILES string of the molecule is C#CCn1c(=NC(=O)c2cc3cccc(OC)c3o2)sc2cccc(F)c21. The number of carbonyl (C=O) groups excluding carboxylic acids is 1. The normalized spacial score (nSPS) is 11.8. The highest BCUT2D eigenvalue weighted by Crippen LogP contribution is 2.28. The number of fused-ring (bicyclic) bond motifs is 2. The Morgan fingerprint density at radius 1 is 1.37 bits per heavy atom. The van der Waals surface area contributed by atoms with Gasteiger partial charge in [-0.05, 0) is 24.3 Å². The molecule has 0 fully saturated rings. The number of para-hydroxylation sites is 2. The highest BCUT2D eigenvalue weighted by molar-refractivity contribution is 7.16. The van der Waals surface area contributed by atoms with Crippen molar-refractivity contribution in [3.63, 3.8) is 0 Å². The molecule has 0 aliphatic heterocycles. The van der Waals surface area contributed by atoms with Gasteiger partial charge in [-0.15, -0.1) is 6.42 Å². The summed E-state index contributed by atoms with van der Waals surface area (Å²) in [6.45, 7) is 0.0982. The van der Waals surface area contributed by atoms with Crippen LogP contribution in [0.3, 0.4) is 0 Å². The lowest BCUT2D eigenvalue weighted by Crippen LogP contribution is -2.16. The van der Waals surface area contributed by atoms with E-state index in [-0.39, 0.29) is 12.3 Å². The molecule has 27 heavy (non-hydrogen) atoms. The van der Waals surface area contributed by atoms with Crippen molar-refractivity contribution >= 4 is 38.4 Å². The Hall–Kier alpha value is -3.37. The molecule has 0 aliphatic rings. The minimum Gasteiger partial charge on any atom is -0.493 e. The molecule has 134 valence electrons. The average Bonchev–Trinajstić information content (AvgIpc) is 3.24. The Balaban J connectivity index is 1.87. The Morgan fingerprint density at radius 2 is 2.19 bits per heavy atom. The number of hydrogen-bond acceptors (Lipinski definition) is 4. The molecular weight excluding hydrogens is 367 g/mol. The minimum atomic E-state index is -0.578. The second kappa shape index (κ2) is 6.74. The van der Waals surface area contributed by atoms with Gasteiger partial charge in [-0.1, -0.05) is 35.5 Å². The molecule has 0 unspecified atom stereocenters. The number of carbonyl (C=O) groups is 1. The number of ether oxygens (including phenoxy) is 1. The first-order valence-electron chi connectivity index (χ1n) is 7.99. The maximum Gasteiger partial charge on any atom is 0.315 e. The number of rotatable bonds is 3. The van der Waals surface area contributed by atoms with Gasteiger partial charge in [0, 0.05) is 5.39 Å². The molecule has 2 aromatic heterocycles. The molecule has 7 heteroatoms. The van der Waals surface area contributed by atoms with Crippen LogP contribution in [0.4, 0.5) is 4.39 Å². The first-order valence-corrected chi connectivity index (χ1v) is 8.81. The number of amides is 1. The van der Waals surface area contributed by atoms with Crippen molar-refractivity contribution in [1.82, 2.24) is 4.57 Å². The molecule has 4 rings (SSSR count). The monoisotopic (exact) mass is 380 g/mol. The van der Waals surface area contributed by atoms with Gasteiger partial charge in [0.1, 0.15) is 5.82 Å². The fraction of sp³-hybridized carbons (Fsp3) is 0.100. The first-order chi connectivity index (χ1) is 13.1. The molecule has 4 aromatic rings. The van der Waals surface area contributed by atoms with Gasteiger partial charge >= 0.3 is 5.91 Å². The summed E-state index contributed by atoms with van der Waals surface area (Å²) >= 11 is 1.19. The molecule has 0 atom stereocenters. The summed E-state index contributed by atoms with van der Waals surface area (Å²) in [4.78, 5) is 17.1. The quantitative estimate of drug-likeness (QED) is 0.506. The third kappa shape index (κ3) is 2.90. The second-order valence-corrected chi connectivity index (χ2v) is 6.68. The number of aromatic nitrogens is 1. The van der Waals surface area contributed by atoms with Crippen LogP contribution in [0.15, 0.2) is 51.9 Å². The van der Waals surface area contributed by atoms with Crippen LogP contribution in [0.5, 0.6) is 5.75 Å². The van der Waals surface area contributed by atoms with Gasteiger partial charge in [-0.2, -0.15) is 4.99 Å². The van der Waals surface area contributed by atoms with E-state index in [1.807, 2.05) is 6.07 Å². The van der Waals surface area contributed by atoms with Crippen LogP contribution in [0.1, 0.15) is 10.6 Å². The Morgan fingerprint density at radius 3 is 2.96 bits per heavy atom. The van der Waals surface area contributed by atoms with Crippen molar-refractivity contribution < 1.29 is 18.3 Å². The maximum atomic E-state index is 14.2. The summed E-state index contributed by atoms with van der Waals surface area (Å²) in [5.41, 5.74) is 0.802. The number of methoxy groups -OCH3 is 1. The molecule has 0 radical (unpaired) electrons. The summed E-state index contributed by atoms with van der Waals surface area (Å²) in [7, 11) is 1.53. The van der Waals surface area contributed by atoms with Gasteiger partial charge in [0.15, 0.2) is 21.9 Å². The van der Waals surface area contributed by atoms with E-state index in [2.05, 4.69) is 10.9 Å². The standard InChI is InChI=1S/C20H13FN2O3S/c1-3-10-23-17-13(21)7-5-9-16(17)27-20(23)22-19(24)15-11-12-6-4-8-14(25-2)18(12)26-15/h1,4-9,11H,10H2,2H3. The third-order valence-corrected chi connectivity index (χ3v) is 5.08. The van der Waals surface area contributed by atoms with Crippen LogP contribution < -0.4 is 9.54 Å². The predicted octanol–water partition coefficient (Wildman–Crippen LogP) is 3.97. The van der Waals surface area contributed by atoms with Gasteiger partial charge in [-0.3, -0.25) is 4.79 Å². The smallest absolute Gasteiger partial charge is 0.315 e. The number of halogens is 1. The molecule has 5 nitrogen and oxygen atoms in total. The summed E-state index contributed by atoms with van der Waals surface area (Å²) in [6.07, 6.45) is 5.41. The van der Waals surface area contributed by atoms with Crippen LogP contribution in [-0.2, 0) is 6.54 Å². The van der Waals surface area contributed by atoms with E-state index in [4.69, 9.17) is 15.6 Å². The van der Waals surface area contributed by atoms with E-state index >= 15 is 0 Å². The van der Waals surface area contributed by atoms with Crippen molar-refractivity contribution in [3.05, 3.63) is 58.8 Å². The number of nitrogens with zero attached hydrogens (tertiary/aromatic N) is 2. The molecule has 0 saturated carbocycles. The van der Waals surface area contributed by atoms with E-state index in [0.29, 0.717) is 26.4 Å². The van der Waals surface area contributed by atoms with Gasteiger partial charge in [0.25, 0.3) is 0 Å². The topological polar surface area (TPSA) is 56.7 Å². The fourth-order valence-corrected chi connectivity index (χ4v) is 3.90. The van der Waals surface area contributed by atoms with Gasteiger partial charge in [0.05, 0.1) is 23.9 Å². The third-order valence-electron chi connectivity index (χ3n) is 4.04. The summed E-state index contributed by atoms with van der Waals surface area (Å²) in [5, 5.41) is 0.729. The van der Waals surface area contributed by atoms with Crippen molar-refractivity contribution in [2.24, 2.45) is 4.99 Å². The zero-order valence-electron chi connectivity index (χ0n) is 14.2. The molecule has 0 aliphatic carbocycles. The van der Waals surface area contributed by atoms with Crippen molar-refractivity contribution in [2.45, 2.75) is 6.54 Å². The van der Waals surface area contributed by atoms with E-state index in [0.717, 1.165) is 5.39 Å². The number of thiazole rings is 1. The van der Waals surface area contributed by atoms with Gasteiger partial charge in [-0.25, -0.2) is 4.39 Å². The molecule has 0 saturated heterocycles. The number of terminal acetylenes is 1. The van der Waals surface area contributed by atoms with Crippen LogP contribution >= 0.6 is 11.3 Å². The highest BCUT2D eigenvalue weighted by Gasteiger charge is 2.16. The second-order valence-electron chi connectivity index (χ2n) is 5.67. The summed E-state index contributed by atoms with van der Waals surface area (Å²) < 4.78 is 27.3.